The summed E-state index contributed by atoms with van der Waals surface area (Å²) < 4.78 is 5.45. The van der Waals surface area contributed by atoms with Crippen molar-refractivity contribution in [1.82, 2.24) is 0 Å². The summed E-state index contributed by atoms with van der Waals surface area (Å²) in [6.45, 7) is 2.91. The highest BCUT2D eigenvalue weighted by Gasteiger charge is 2.35. The van der Waals surface area contributed by atoms with Gasteiger partial charge in [-0.25, -0.2) is 0 Å². The first kappa shape index (κ1) is 9.75. The highest BCUT2D eigenvalue weighted by atomic mass is 16.5. The van der Waals surface area contributed by atoms with E-state index in [1.54, 1.807) is 0 Å². The summed E-state index contributed by atoms with van der Waals surface area (Å²) in [5.41, 5.74) is 1.29. The summed E-state index contributed by atoms with van der Waals surface area (Å²) in [6.07, 6.45) is 6.54. The largest absolute Gasteiger partial charge is 0.490 e. The molecule has 2 heteroatoms. The number of rotatable bonds is 3. The Bertz CT molecular complexity index is 265. The number of unbranched alkanes of at least 4 members (excludes halogenated alkanes) is 1. The van der Waals surface area contributed by atoms with Crippen molar-refractivity contribution in [3.8, 4) is 0 Å². The average molecular weight is 194 g/mol. The first-order valence-corrected chi connectivity index (χ1v) is 5.72. The summed E-state index contributed by atoms with van der Waals surface area (Å²) in [7, 11) is 0. The molecule has 0 saturated heterocycles. The maximum atomic E-state index is 11.9. The van der Waals surface area contributed by atoms with Crippen molar-refractivity contribution >= 4 is 5.78 Å². The Kier molecular flexibility index (Phi) is 2.90. The summed E-state index contributed by atoms with van der Waals surface area (Å²) in [4.78, 5) is 11.9. The van der Waals surface area contributed by atoms with Gasteiger partial charge in [-0.1, -0.05) is 19.8 Å². The van der Waals surface area contributed by atoms with Gasteiger partial charge < -0.3 is 4.74 Å². The van der Waals surface area contributed by atoms with Crippen LogP contribution in [-0.4, -0.2) is 12.4 Å². The lowest BCUT2D eigenvalue weighted by Gasteiger charge is -2.13. The van der Waals surface area contributed by atoms with Gasteiger partial charge in [0.05, 0.1) is 6.61 Å². The van der Waals surface area contributed by atoms with Gasteiger partial charge in [-0.2, -0.15) is 0 Å². The molecule has 0 N–H and O–H groups in total. The minimum Gasteiger partial charge on any atom is -0.490 e. The molecule has 1 aliphatic carbocycles. The molecule has 0 bridgehead atoms. The van der Waals surface area contributed by atoms with Gasteiger partial charge >= 0.3 is 0 Å². The Hall–Kier alpha value is -0.790. The lowest BCUT2D eigenvalue weighted by molar-refractivity contribution is -0.121. The van der Waals surface area contributed by atoms with Crippen LogP contribution in [0.25, 0.3) is 0 Å². The second-order valence-corrected chi connectivity index (χ2v) is 4.29. The smallest absolute Gasteiger partial charge is 0.200 e. The van der Waals surface area contributed by atoms with Gasteiger partial charge in [0, 0.05) is 5.92 Å². The molecule has 0 radical (unpaired) electrons. The number of hydrogen-bond acceptors (Lipinski definition) is 2. The number of ether oxygens (including phenoxy) is 1. The van der Waals surface area contributed by atoms with Crippen molar-refractivity contribution in [1.29, 1.82) is 0 Å². The minimum atomic E-state index is 0.248. The lowest BCUT2D eigenvalue weighted by atomic mass is 9.97. The van der Waals surface area contributed by atoms with Gasteiger partial charge in [0.25, 0.3) is 0 Å². The zero-order valence-corrected chi connectivity index (χ0v) is 8.84. The molecule has 0 aromatic rings. The van der Waals surface area contributed by atoms with Gasteiger partial charge in [0.1, 0.15) is 0 Å². The van der Waals surface area contributed by atoms with Crippen LogP contribution < -0.4 is 0 Å². The van der Waals surface area contributed by atoms with E-state index in [0.29, 0.717) is 0 Å². The molecular formula is C12H18O2. The molecular weight excluding hydrogens is 176 g/mol. The summed E-state index contributed by atoms with van der Waals surface area (Å²) in [6, 6.07) is 0. The van der Waals surface area contributed by atoms with Gasteiger partial charge in [-0.05, 0) is 31.3 Å². The monoisotopic (exact) mass is 194 g/mol. The Labute approximate surface area is 85.3 Å². The molecule has 1 aliphatic heterocycles. The maximum Gasteiger partial charge on any atom is 0.200 e. The van der Waals surface area contributed by atoms with E-state index < -0.39 is 0 Å². The van der Waals surface area contributed by atoms with Crippen molar-refractivity contribution < 1.29 is 9.53 Å². The molecule has 2 nitrogen and oxygen atoms in total. The molecule has 14 heavy (non-hydrogen) atoms. The van der Waals surface area contributed by atoms with Gasteiger partial charge in [0.15, 0.2) is 5.76 Å². The van der Waals surface area contributed by atoms with Crippen molar-refractivity contribution in [2.24, 2.45) is 5.92 Å². The van der Waals surface area contributed by atoms with Crippen LogP contribution in [0.5, 0.6) is 0 Å². The molecule has 1 heterocycles. The van der Waals surface area contributed by atoms with Crippen LogP contribution in [0.2, 0.25) is 0 Å². The first-order chi connectivity index (χ1) is 6.83. The Morgan fingerprint density at radius 2 is 2.36 bits per heavy atom. The number of allylic oxidation sites excluding steroid dienone is 2. The fourth-order valence-corrected chi connectivity index (χ4v) is 2.37. The SMILES string of the molecule is CCCC[C@@H]1CC2=C(OCCC2)C1=O. The van der Waals surface area contributed by atoms with E-state index in [1.165, 1.54) is 12.0 Å². The van der Waals surface area contributed by atoms with E-state index in [0.717, 1.165) is 44.5 Å². The van der Waals surface area contributed by atoms with E-state index in [9.17, 15) is 4.79 Å². The van der Waals surface area contributed by atoms with E-state index in [2.05, 4.69) is 6.92 Å². The summed E-state index contributed by atoms with van der Waals surface area (Å²) in [5, 5.41) is 0. The highest BCUT2D eigenvalue weighted by Crippen LogP contribution is 2.36. The standard InChI is InChI=1S/C12H18O2/c1-2-3-5-9-8-10-6-4-7-14-12(10)11(9)13/h9H,2-8H2,1H3/t9-/m1/s1. The number of carbonyl (C=O) groups excluding carboxylic acids is 1. The van der Waals surface area contributed by atoms with Crippen molar-refractivity contribution in [2.75, 3.05) is 6.61 Å². The molecule has 0 aromatic heterocycles. The quantitative estimate of drug-likeness (QED) is 0.690. The molecule has 1 atom stereocenters. The van der Waals surface area contributed by atoms with Gasteiger partial charge in [-0.15, -0.1) is 0 Å². The fourth-order valence-electron chi connectivity index (χ4n) is 2.37. The zero-order valence-electron chi connectivity index (χ0n) is 8.84. The Morgan fingerprint density at radius 1 is 1.50 bits per heavy atom. The number of Topliss-reactive ketones (excluding diaryl/α,β-unsaturated/α-hetero) is 1. The molecule has 78 valence electrons. The molecule has 0 fully saturated rings. The second-order valence-electron chi connectivity index (χ2n) is 4.29. The molecule has 0 amide bonds. The predicted octanol–water partition coefficient (Wildman–Crippen LogP) is 2.83. The van der Waals surface area contributed by atoms with Crippen LogP contribution in [0.15, 0.2) is 11.3 Å². The number of carbonyl (C=O) groups is 1. The van der Waals surface area contributed by atoms with Crippen LogP contribution in [0.1, 0.15) is 45.4 Å². The maximum absolute atomic E-state index is 11.9. The highest BCUT2D eigenvalue weighted by molar-refractivity contribution is 5.98. The molecule has 0 unspecified atom stereocenters. The minimum absolute atomic E-state index is 0.248. The molecule has 0 aromatic carbocycles. The first-order valence-electron chi connectivity index (χ1n) is 5.72. The Morgan fingerprint density at radius 3 is 3.07 bits per heavy atom. The van der Waals surface area contributed by atoms with Crippen molar-refractivity contribution in [2.45, 2.75) is 45.4 Å². The van der Waals surface area contributed by atoms with Crippen LogP contribution in [0, 0.1) is 5.92 Å². The van der Waals surface area contributed by atoms with E-state index in [1.807, 2.05) is 0 Å². The second kappa shape index (κ2) is 4.16. The van der Waals surface area contributed by atoms with Crippen molar-refractivity contribution in [3.05, 3.63) is 11.3 Å². The zero-order chi connectivity index (χ0) is 9.97. The Balaban J connectivity index is 1.99. The predicted molar refractivity (Wildman–Crippen MR) is 54.9 cm³/mol. The van der Waals surface area contributed by atoms with Crippen LogP contribution in [-0.2, 0) is 9.53 Å². The third kappa shape index (κ3) is 1.70. The molecule has 0 spiro atoms. The van der Waals surface area contributed by atoms with Crippen molar-refractivity contribution in [3.63, 3.8) is 0 Å². The third-order valence-corrected chi connectivity index (χ3v) is 3.18. The van der Waals surface area contributed by atoms with Crippen LogP contribution in [0.4, 0.5) is 0 Å². The summed E-state index contributed by atoms with van der Waals surface area (Å²) >= 11 is 0. The molecule has 2 aliphatic rings. The van der Waals surface area contributed by atoms with E-state index >= 15 is 0 Å². The fraction of sp³-hybridized carbons (Fsp3) is 0.750. The topological polar surface area (TPSA) is 26.3 Å². The third-order valence-electron chi connectivity index (χ3n) is 3.18. The van der Waals surface area contributed by atoms with Gasteiger partial charge in [-0.3, -0.25) is 4.79 Å². The van der Waals surface area contributed by atoms with Crippen LogP contribution >= 0.6 is 0 Å². The number of ketones is 1. The number of hydrogen-bond donors (Lipinski definition) is 0. The molecule has 0 saturated carbocycles. The summed E-state index contributed by atoms with van der Waals surface area (Å²) in [5.74, 6) is 1.27. The van der Waals surface area contributed by atoms with E-state index in [-0.39, 0.29) is 11.7 Å². The average Bonchev–Trinajstić information content (AvgIpc) is 2.54. The van der Waals surface area contributed by atoms with E-state index in [4.69, 9.17) is 4.74 Å². The van der Waals surface area contributed by atoms with Crippen LogP contribution in [0.3, 0.4) is 0 Å². The van der Waals surface area contributed by atoms with Gasteiger partial charge in [0.2, 0.25) is 5.78 Å². The normalized spacial score (nSPS) is 26.4. The molecule has 2 rings (SSSR count). The lowest BCUT2D eigenvalue weighted by Crippen LogP contribution is -2.13.